The van der Waals surface area contributed by atoms with Gasteiger partial charge in [-0.05, 0) is 0 Å². The molecule has 0 bridgehead atoms. The maximum Gasteiger partial charge on any atom is 0.238 e. The Hall–Kier alpha value is -2.64. The molecule has 0 heterocycles. The topological polar surface area (TPSA) is 52.7 Å². The lowest BCUT2D eigenvalue weighted by atomic mass is 10.2. The molecule has 0 radical (unpaired) electrons. The fourth-order valence-electron chi connectivity index (χ4n) is 2.54. The SMILES string of the molecule is CN(CC(=O)CCC(=O)NN(C)C(=S)c1ccccc1)C(=S)c1ccccc1. The highest BCUT2D eigenvalue weighted by molar-refractivity contribution is 7.80. The predicted octanol–water partition coefficient (Wildman–Crippen LogP) is 2.98. The van der Waals surface area contributed by atoms with Gasteiger partial charge in [0.15, 0.2) is 5.78 Å². The molecule has 0 unspecified atom stereocenters. The highest BCUT2D eigenvalue weighted by Gasteiger charge is 2.14. The van der Waals surface area contributed by atoms with Crippen LogP contribution in [0.2, 0.25) is 0 Å². The van der Waals surface area contributed by atoms with Crippen LogP contribution in [-0.2, 0) is 9.59 Å². The van der Waals surface area contributed by atoms with Gasteiger partial charge in [0.05, 0.1) is 6.54 Å². The molecule has 2 rings (SSSR count). The second kappa shape index (κ2) is 10.6. The fourth-order valence-corrected chi connectivity index (χ4v) is 2.92. The van der Waals surface area contributed by atoms with Crippen LogP contribution in [0.5, 0.6) is 0 Å². The molecule has 0 aliphatic heterocycles. The zero-order valence-electron chi connectivity index (χ0n) is 15.9. The van der Waals surface area contributed by atoms with Crippen LogP contribution in [0.25, 0.3) is 0 Å². The van der Waals surface area contributed by atoms with Crippen molar-refractivity contribution in [3.05, 3.63) is 71.8 Å². The number of carbonyl (C=O) groups excluding carboxylic acids is 2. The quantitative estimate of drug-likeness (QED) is 0.556. The molecule has 0 spiro atoms. The first-order valence-electron chi connectivity index (χ1n) is 8.83. The van der Waals surface area contributed by atoms with Gasteiger partial charge in [-0.2, -0.15) is 0 Å². The minimum Gasteiger partial charge on any atom is -0.358 e. The normalized spacial score (nSPS) is 10.1. The number of benzene rings is 2. The number of Topliss-reactive ketones (excluding diaryl/α,β-unsaturated/α-hetero) is 1. The molecule has 2 aromatic rings. The fraction of sp³-hybridized carbons (Fsp3) is 0.238. The van der Waals surface area contributed by atoms with Crippen molar-refractivity contribution in [3.8, 4) is 0 Å². The highest BCUT2D eigenvalue weighted by Crippen LogP contribution is 2.06. The Morgan fingerprint density at radius 1 is 0.821 bits per heavy atom. The van der Waals surface area contributed by atoms with E-state index < -0.39 is 0 Å². The number of rotatable bonds is 7. The Labute approximate surface area is 176 Å². The van der Waals surface area contributed by atoms with Crippen molar-refractivity contribution in [1.29, 1.82) is 0 Å². The van der Waals surface area contributed by atoms with Crippen LogP contribution in [0.3, 0.4) is 0 Å². The van der Waals surface area contributed by atoms with Gasteiger partial charge in [0.2, 0.25) is 5.91 Å². The van der Waals surface area contributed by atoms with Crippen molar-refractivity contribution in [3.63, 3.8) is 0 Å². The summed E-state index contributed by atoms with van der Waals surface area (Å²) in [6.45, 7) is 0.166. The molecule has 0 aliphatic rings. The van der Waals surface area contributed by atoms with Crippen LogP contribution < -0.4 is 5.43 Å². The van der Waals surface area contributed by atoms with E-state index in [-0.39, 0.29) is 31.1 Å². The number of amides is 1. The van der Waals surface area contributed by atoms with Crippen molar-refractivity contribution in [2.24, 2.45) is 0 Å². The number of carbonyl (C=O) groups is 2. The average molecular weight is 414 g/mol. The van der Waals surface area contributed by atoms with Crippen LogP contribution in [0.4, 0.5) is 0 Å². The molecule has 1 N–H and O–H groups in total. The van der Waals surface area contributed by atoms with Gasteiger partial charge in [0.1, 0.15) is 9.98 Å². The van der Waals surface area contributed by atoms with E-state index in [0.29, 0.717) is 9.98 Å². The summed E-state index contributed by atoms with van der Waals surface area (Å²) in [5.41, 5.74) is 4.43. The van der Waals surface area contributed by atoms with Crippen LogP contribution in [-0.4, -0.2) is 52.2 Å². The number of likely N-dealkylation sites (N-methyl/N-ethyl adjacent to an activating group) is 1. The van der Waals surface area contributed by atoms with E-state index in [1.54, 1.807) is 19.0 Å². The average Bonchev–Trinajstić information content (AvgIpc) is 2.72. The number of hydrogen-bond acceptors (Lipinski definition) is 4. The third-order valence-corrected chi connectivity index (χ3v) is 5.09. The molecule has 0 saturated heterocycles. The summed E-state index contributed by atoms with van der Waals surface area (Å²) in [5.74, 6) is -0.313. The van der Waals surface area contributed by atoms with E-state index in [4.69, 9.17) is 24.4 Å². The van der Waals surface area contributed by atoms with Gasteiger partial charge in [0, 0.05) is 38.1 Å². The summed E-state index contributed by atoms with van der Waals surface area (Å²) in [6.07, 6.45) is 0.228. The zero-order valence-corrected chi connectivity index (χ0v) is 17.6. The third kappa shape index (κ3) is 6.51. The van der Waals surface area contributed by atoms with E-state index in [1.165, 1.54) is 5.01 Å². The van der Waals surface area contributed by atoms with Crippen molar-refractivity contribution in [2.45, 2.75) is 12.8 Å². The number of nitrogens with one attached hydrogen (secondary N) is 1. The lowest BCUT2D eigenvalue weighted by Crippen LogP contribution is -2.43. The molecule has 146 valence electrons. The smallest absolute Gasteiger partial charge is 0.238 e. The van der Waals surface area contributed by atoms with E-state index >= 15 is 0 Å². The lowest BCUT2D eigenvalue weighted by Gasteiger charge is -2.21. The zero-order chi connectivity index (χ0) is 20.5. The molecule has 1 amide bonds. The lowest BCUT2D eigenvalue weighted by molar-refractivity contribution is -0.127. The first-order chi connectivity index (χ1) is 13.4. The first kappa shape index (κ1) is 21.7. The van der Waals surface area contributed by atoms with Crippen molar-refractivity contribution < 1.29 is 9.59 Å². The van der Waals surface area contributed by atoms with E-state index in [2.05, 4.69) is 5.43 Å². The molecular formula is C21H23N3O2S2. The summed E-state index contributed by atoms with van der Waals surface area (Å²) >= 11 is 10.8. The van der Waals surface area contributed by atoms with E-state index in [0.717, 1.165) is 11.1 Å². The van der Waals surface area contributed by atoms with Crippen molar-refractivity contribution >= 4 is 46.1 Å². The summed E-state index contributed by atoms with van der Waals surface area (Å²) in [5, 5.41) is 1.49. The molecule has 7 heteroatoms. The van der Waals surface area contributed by atoms with Crippen LogP contribution >= 0.6 is 24.4 Å². The Bertz CT molecular complexity index is 770. The monoisotopic (exact) mass is 413 g/mol. The second-order valence-electron chi connectivity index (χ2n) is 6.33. The Kier molecular flexibility index (Phi) is 8.22. The van der Waals surface area contributed by atoms with Gasteiger partial charge >= 0.3 is 0 Å². The van der Waals surface area contributed by atoms with Gasteiger partial charge in [-0.15, -0.1) is 0 Å². The van der Waals surface area contributed by atoms with Crippen LogP contribution in [0.15, 0.2) is 60.7 Å². The third-order valence-electron chi connectivity index (χ3n) is 4.03. The molecule has 0 atom stereocenters. The van der Waals surface area contributed by atoms with Gasteiger partial charge in [-0.3, -0.25) is 20.0 Å². The number of thiocarbonyl (C=S) groups is 2. The Morgan fingerprint density at radius 2 is 1.32 bits per heavy atom. The maximum absolute atomic E-state index is 12.2. The highest BCUT2D eigenvalue weighted by atomic mass is 32.1. The first-order valence-corrected chi connectivity index (χ1v) is 9.65. The Balaban J connectivity index is 1.76. The van der Waals surface area contributed by atoms with Crippen LogP contribution in [0.1, 0.15) is 24.0 Å². The van der Waals surface area contributed by atoms with Crippen LogP contribution in [0, 0.1) is 0 Å². The van der Waals surface area contributed by atoms with E-state index in [9.17, 15) is 9.59 Å². The van der Waals surface area contributed by atoms with Gasteiger partial charge < -0.3 is 4.90 Å². The van der Waals surface area contributed by atoms with Crippen molar-refractivity contribution in [2.75, 3.05) is 20.6 Å². The number of ketones is 1. The van der Waals surface area contributed by atoms with E-state index in [1.807, 2.05) is 60.7 Å². The molecule has 2 aromatic carbocycles. The van der Waals surface area contributed by atoms with Gasteiger partial charge in [-0.25, -0.2) is 0 Å². The molecule has 5 nitrogen and oxygen atoms in total. The molecule has 0 aliphatic carbocycles. The largest absolute Gasteiger partial charge is 0.358 e. The summed E-state index contributed by atoms with van der Waals surface area (Å²) in [6, 6.07) is 18.9. The number of hydrogen-bond donors (Lipinski definition) is 1. The summed E-state index contributed by atoms with van der Waals surface area (Å²) in [4.78, 5) is 27.2. The minimum atomic E-state index is -0.262. The number of hydrazine groups is 1. The summed E-state index contributed by atoms with van der Waals surface area (Å²) < 4.78 is 0. The molecular weight excluding hydrogens is 390 g/mol. The molecule has 28 heavy (non-hydrogen) atoms. The van der Waals surface area contributed by atoms with Gasteiger partial charge in [0.25, 0.3) is 0 Å². The Morgan fingerprint density at radius 3 is 1.86 bits per heavy atom. The summed E-state index contributed by atoms with van der Waals surface area (Å²) in [7, 11) is 3.46. The molecule has 0 saturated carbocycles. The molecule has 0 fully saturated rings. The van der Waals surface area contributed by atoms with Gasteiger partial charge in [-0.1, -0.05) is 85.1 Å². The predicted molar refractivity (Wildman–Crippen MR) is 119 cm³/mol. The standard InChI is InChI=1S/C21H23N3O2S2/c1-23(20(27)16-9-5-3-6-10-16)15-18(25)13-14-19(26)22-24(2)21(28)17-11-7-4-8-12-17/h3-12H,13-15H2,1-2H3,(H,22,26). The second-order valence-corrected chi connectivity index (χ2v) is 7.10. The number of nitrogens with zero attached hydrogens (tertiary/aromatic N) is 2. The maximum atomic E-state index is 12.2. The minimum absolute atomic E-state index is 0.0516. The molecule has 0 aromatic heterocycles. The van der Waals surface area contributed by atoms with Crippen molar-refractivity contribution in [1.82, 2.24) is 15.3 Å².